The van der Waals surface area contributed by atoms with Gasteiger partial charge in [-0.1, -0.05) is 18.6 Å². The highest BCUT2D eigenvalue weighted by molar-refractivity contribution is 7.80. The molecule has 0 bridgehead atoms. The topological polar surface area (TPSA) is 36.9 Å². The standard InChI is InChI=1S/C25H38O4S/c1-22-8-7-20-18(19(22)5-6-21(22)23(2)26-11-12-27-23)4-3-17-15-25(28-13-14-29-25)10-9-24(17,20)16-30/h3,18-21,30H,4-16H2,1-2H3/t18?,19?,20?,21?,22-,24?/m0/s1. The van der Waals surface area contributed by atoms with Crippen molar-refractivity contribution in [2.45, 2.75) is 76.8 Å². The summed E-state index contributed by atoms with van der Waals surface area (Å²) in [5.41, 5.74) is 2.17. The molecule has 5 fully saturated rings. The van der Waals surface area contributed by atoms with E-state index in [0.29, 0.717) is 11.3 Å². The molecule has 0 aromatic carbocycles. The second-order valence-corrected chi connectivity index (χ2v) is 11.6. The maximum Gasteiger partial charge on any atom is 0.172 e. The zero-order chi connectivity index (χ0) is 20.6. The van der Waals surface area contributed by atoms with Gasteiger partial charge in [-0.2, -0.15) is 12.6 Å². The predicted molar refractivity (Wildman–Crippen MR) is 118 cm³/mol. The van der Waals surface area contributed by atoms with Gasteiger partial charge in [0.15, 0.2) is 11.6 Å². The summed E-state index contributed by atoms with van der Waals surface area (Å²) < 4.78 is 24.6. The molecule has 2 aliphatic heterocycles. The van der Waals surface area contributed by atoms with E-state index in [1.807, 2.05) is 0 Å². The molecule has 0 amide bonds. The summed E-state index contributed by atoms with van der Waals surface area (Å²) >= 11 is 4.98. The minimum atomic E-state index is -0.373. The Morgan fingerprint density at radius 2 is 1.63 bits per heavy atom. The number of ether oxygens (including phenoxy) is 4. The van der Waals surface area contributed by atoms with E-state index in [9.17, 15) is 0 Å². The lowest BCUT2D eigenvalue weighted by molar-refractivity contribution is -0.216. The third-order valence-corrected chi connectivity index (χ3v) is 11.0. The molecule has 4 nitrogen and oxygen atoms in total. The van der Waals surface area contributed by atoms with Crippen LogP contribution in [0.2, 0.25) is 0 Å². The number of hydrogen-bond donors (Lipinski definition) is 1. The zero-order valence-corrected chi connectivity index (χ0v) is 19.6. The molecule has 0 N–H and O–H groups in total. The normalized spacial score (nSPS) is 48.8. The fourth-order valence-electron chi connectivity index (χ4n) is 9.04. The molecule has 5 heteroatoms. The van der Waals surface area contributed by atoms with Crippen LogP contribution in [-0.4, -0.2) is 43.8 Å². The van der Waals surface area contributed by atoms with Gasteiger partial charge in [-0.15, -0.1) is 0 Å². The first-order valence-electron chi connectivity index (χ1n) is 12.3. The summed E-state index contributed by atoms with van der Waals surface area (Å²) in [5, 5.41) is 0. The molecular weight excluding hydrogens is 396 g/mol. The summed E-state index contributed by atoms with van der Waals surface area (Å²) in [4.78, 5) is 0. The molecule has 1 spiro atoms. The number of allylic oxidation sites excluding steroid dienone is 1. The van der Waals surface area contributed by atoms with Gasteiger partial charge in [0, 0.05) is 24.2 Å². The molecule has 30 heavy (non-hydrogen) atoms. The number of hydrogen-bond acceptors (Lipinski definition) is 5. The van der Waals surface area contributed by atoms with Crippen LogP contribution in [0.15, 0.2) is 11.6 Å². The molecule has 6 rings (SSSR count). The Morgan fingerprint density at radius 3 is 2.37 bits per heavy atom. The summed E-state index contributed by atoms with van der Waals surface area (Å²) in [6.07, 6.45) is 12.1. The van der Waals surface area contributed by atoms with Crippen molar-refractivity contribution in [3.63, 3.8) is 0 Å². The van der Waals surface area contributed by atoms with Gasteiger partial charge in [-0.05, 0) is 74.4 Å². The fourth-order valence-corrected chi connectivity index (χ4v) is 9.64. The number of rotatable bonds is 2. The van der Waals surface area contributed by atoms with Gasteiger partial charge >= 0.3 is 0 Å². The van der Waals surface area contributed by atoms with Crippen LogP contribution in [0.25, 0.3) is 0 Å². The van der Waals surface area contributed by atoms with Crippen molar-refractivity contribution in [1.82, 2.24) is 0 Å². The van der Waals surface area contributed by atoms with E-state index in [2.05, 4.69) is 19.9 Å². The second-order valence-electron chi connectivity index (χ2n) is 11.3. The van der Waals surface area contributed by atoms with Gasteiger partial charge in [0.05, 0.1) is 26.4 Å². The van der Waals surface area contributed by atoms with Crippen molar-refractivity contribution in [3.05, 3.63) is 11.6 Å². The van der Waals surface area contributed by atoms with Crippen molar-refractivity contribution < 1.29 is 18.9 Å². The van der Waals surface area contributed by atoms with E-state index in [1.165, 1.54) is 38.5 Å². The summed E-state index contributed by atoms with van der Waals surface area (Å²) in [6.45, 7) is 7.77. The molecule has 0 aromatic heterocycles. The Balaban J connectivity index is 1.30. The van der Waals surface area contributed by atoms with Crippen LogP contribution < -0.4 is 0 Å². The first-order valence-corrected chi connectivity index (χ1v) is 12.9. The largest absolute Gasteiger partial charge is 0.348 e. The molecule has 2 heterocycles. The lowest BCUT2D eigenvalue weighted by Gasteiger charge is -2.60. The third-order valence-electron chi connectivity index (χ3n) is 10.4. The third kappa shape index (κ3) is 2.68. The highest BCUT2D eigenvalue weighted by Gasteiger charge is 2.64. The van der Waals surface area contributed by atoms with Crippen LogP contribution in [0.3, 0.4) is 0 Å². The number of fused-ring (bicyclic) bond motifs is 5. The van der Waals surface area contributed by atoms with Gasteiger partial charge in [0.1, 0.15) is 0 Å². The summed E-state index contributed by atoms with van der Waals surface area (Å²) in [6, 6.07) is 0. The van der Waals surface area contributed by atoms with E-state index in [4.69, 9.17) is 31.6 Å². The maximum absolute atomic E-state index is 6.18. The second kappa shape index (κ2) is 6.96. The minimum Gasteiger partial charge on any atom is -0.348 e. The molecule has 0 aromatic rings. The van der Waals surface area contributed by atoms with Crippen molar-refractivity contribution in [1.29, 1.82) is 0 Å². The first kappa shape index (κ1) is 20.5. The average Bonchev–Trinajstić information content (AvgIpc) is 3.47. The van der Waals surface area contributed by atoms with Crippen LogP contribution in [0.5, 0.6) is 0 Å². The van der Waals surface area contributed by atoms with Gasteiger partial charge < -0.3 is 18.9 Å². The van der Waals surface area contributed by atoms with Crippen molar-refractivity contribution in [2.75, 3.05) is 32.2 Å². The Labute approximate surface area is 186 Å². The van der Waals surface area contributed by atoms with E-state index < -0.39 is 0 Å². The van der Waals surface area contributed by atoms with Crippen LogP contribution >= 0.6 is 12.6 Å². The predicted octanol–water partition coefficient (Wildman–Crippen LogP) is 4.98. The molecule has 168 valence electrons. The molecule has 5 unspecified atom stereocenters. The van der Waals surface area contributed by atoms with Crippen LogP contribution in [0.4, 0.5) is 0 Å². The van der Waals surface area contributed by atoms with E-state index in [1.54, 1.807) is 5.57 Å². The Bertz CT molecular complexity index is 725. The Kier molecular flexibility index (Phi) is 4.77. The van der Waals surface area contributed by atoms with E-state index in [-0.39, 0.29) is 17.0 Å². The van der Waals surface area contributed by atoms with E-state index >= 15 is 0 Å². The molecule has 3 saturated carbocycles. The van der Waals surface area contributed by atoms with Gasteiger partial charge in [-0.25, -0.2) is 0 Å². The monoisotopic (exact) mass is 434 g/mol. The molecule has 6 atom stereocenters. The lowest BCUT2D eigenvalue weighted by atomic mass is 9.47. The highest BCUT2D eigenvalue weighted by Crippen LogP contribution is 2.69. The smallest absolute Gasteiger partial charge is 0.172 e. The van der Waals surface area contributed by atoms with Crippen molar-refractivity contribution >= 4 is 12.6 Å². The Morgan fingerprint density at radius 1 is 0.900 bits per heavy atom. The quantitative estimate of drug-likeness (QED) is 0.491. The summed E-state index contributed by atoms with van der Waals surface area (Å²) in [5.74, 6) is 3.08. The maximum atomic E-state index is 6.18. The van der Waals surface area contributed by atoms with Crippen molar-refractivity contribution in [3.8, 4) is 0 Å². The molecule has 2 saturated heterocycles. The minimum absolute atomic E-state index is 0.246. The van der Waals surface area contributed by atoms with Gasteiger partial charge in [-0.3, -0.25) is 0 Å². The van der Waals surface area contributed by atoms with Crippen molar-refractivity contribution in [2.24, 2.45) is 34.5 Å². The highest BCUT2D eigenvalue weighted by atomic mass is 32.1. The lowest BCUT2D eigenvalue weighted by Crippen LogP contribution is -2.55. The Hall–Kier alpha value is -0.0700. The molecule has 6 aliphatic rings. The molecular formula is C25H38O4S. The number of thiol groups is 1. The average molecular weight is 435 g/mol. The SMILES string of the molecule is CC1(C2CCC3C4CC=C5CC6(CCC5(CS)C4CC[C@@]32C)OCCO6)OCCO1. The zero-order valence-electron chi connectivity index (χ0n) is 18.7. The van der Waals surface area contributed by atoms with Crippen LogP contribution in [0.1, 0.15) is 65.2 Å². The van der Waals surface area contributed by atoms with E-state index in [0.717, 1.165) is 62.8 Å². The first-order chi connectivity index (χ1) is 14.4. The molecule has 4 aliphatic carbocycles. The summed E-state index contributed by atoms with van der Waals surface area (Å²) in [7, 11) is 0. The molecule has 0 radical (unpaired) electrons. The fraction of sp³-hybridized carbons (Fsp3) is 0.920. The van der Waals surface area contributed by atoms with Gasteiger partial charge in [0.25, 0.3) is 0 Å². The van der Waals surface area contributed by atoms with Gasteiger partial charge in [0.2, 0.25) is 0 Å². The van der Waals surface area contributed by atoms with Crippen LogP contribution in [-0.2, 0) is 18.9 Å². The van der Waals surface area contributed by atoms with Crippen LogP contribution in [0, 0.1) is 34.5 Å².